The van der Waals surface area contributed by atoms with Gasteiger partial charge in [-0.15, -0.1) is 11.3 Å². The van der Waals surface area contributed by atoms with Crippen LogP contribution in [-0.2, 0) is 19.4 Å². The first-order valence-corrected chi connectivity index (χ1v) is 11.3. The summed E-state index contributed by atoms with van der Waals surface area (Å²) in [5, 5.41) is 10.2. The standard InChI is InChI=1S/C20H28N6O2S/c1-2-3-7-17-21-19(28-23-17)15-26-12-10-25(11-13-26)9-4-8-18-22-20(24-27-18)16-6-5-14-29-16/h5-6,14H,2-4,7-13,15H2,1H3. The maximum Gasteiger partial charge on any atom is 0.240 e. The molecule has 156 valence electrons. The second kappa shape index (κ2) is 10.1. The Morgan fingerprint density at radius 1 is 0.966 bits per heavy atom. The normalized spacial score (nSPS) is 15.9. The number of hydrogen-bond donors (Lipinski definition) is 0. The summed E-state index contributed by atoms with van der Waals surface area (Å²) in [5.41, 5.74) is 0. The van der Waals surface area contributed by atoms with Gasteiger partial charge in [0.2, 0.25) is 17.6 Å². The van der Waals surface area contributed by atoms with E-state index in [9.17, 15) is 0 Å². The molecule has 0 amide bonds. The zero-order valence-corrected chi connectivity index (χ0v) is 17.7. The van der Waals surface area contributed by atoms with E-state index in [2.05, 4.69) is 37.0 Å². The number of nitrogens with zero attached hydrogens (tertiary/aromatic N) is 6. The molecule has 1 saturated heterocycles. The lowest BCUT2D eigenvalue weighted by Crippen LogP contribution is -2.46. The van der Waals surface area contributed by atoms with Crippen LogP contribution < -0.4 is 0 Å². The van der Waals surface area contributed by atoms with Gasteiger partial charge in [0, 0.05) is 39.0 Å². The van der Waals surface area contributed by atoms with Crippen LogP contribution in [0.2, 0.25) is 0 Å². The number of thiophene rings is 1. The smallest absolute Gasteiger partial charge is 0.240 e. The Hall–Kier alpha value is -2.10. The molecule has 0 saturated carbocycles. The highest BCUT2D eigenvalue weighted by atomic mass is 32.1. The molecule has 0 spiro atoms. The molecule has 4 heterocycles. The fourth-order valence-electron chi connectivity index (χ4n) is 3.47. The molecule has 3 aromatic rings. The Balaban J connectivity index is 1.14. The molecule has 0 N–H and O–H groups in total. The first kappa shape index (κ1) is 20.2. The molecular formula is C20H28N6O2S. The second-order valence-electron chi connectivity index (χ2n) is 7.42. The molecule has 4 rings (SSSR count). The van der Waals surface area contributed by atoms with E-state index in [1.807, 2.05) is 17.5 Å². The monoisotopic (exact) mass is 416 g/mol. The van der Waals surface area contributed by atoms with Crippen LogP contribution in [-0.4, -0.2) is 62.8 Å². The zero-order valence-electron chi connectivity index (χ0n) is 16.9. The molecule has 9 heteroatoms. The summed E-state index contributed by atoms with van der Waals surface area (Å²) in [6.07, 6.45) is 5.00. The number of piperazine rings is 1. The molecule has 0 bridgehead atoms. The van der Waals surface area contributed by atoms with E-state index in [-0.39, 0.29) is 0 Å². The lowest BCUT2D eigenvalue weighted by atomic mass is 10.2. The number of hydrogen-bond acceptors (Lipinski definition) is 9. The van der Waals surface area contributed by atoms with Crippen molar-refractivity contribution < 1.29 is 9.05 Å². The number of aromatic nitrogens is 4. The summed E-state index contributed by atoms with van der Waals surface area (Å²) in [6, 6.07) is 4.01. The fraction of sp³-hybridized carbons (Fsp3) is 0.600. The van der Waals surface area contributed by atoms with Crippen molar-refractivity contribution in [1.82, 2.24) is 30.1 Å². The molecule has 29 heavy (non-hydrogen) atoms. The van der Waals surface area contributed by atoms with Gasteiger partial charge in [0.1, 0.15) is 0 Å². The topological polar surface area (TPSA) is 84.3 Å². The average molecular weight is 417 g/mol. The molecular weight excluding hydrogens is 388 g/mol. The van der Waals surface area contributed by atoms with Crippen LogP contribution in [0.1, 0.15) is 43.8 Å². The number of aryl methyl sites for hydroxylation is 2. The van der Waals surface area contributed by atoms with Crippen LogP contribution in [0, 0.1) is 0 Å². The molecule has 3 aromatic heterocycles. The van der Waals surface area contributed by atoms with Gasteiger partial charge in [-0.05, 0) is 30.8 Å². The highest BCUT2D eigenvalue weighted by Gasteiger charge is 2.19. The van der Waals surface area contributed by atoms with Crippen molar-refractivity contribution in [2.45, 2.75) is 45.6 Å². The summed E-state index contributed by atoms with van der Waals surface area (Å²) < 4.78 is 10.8. The summed E-state index contributed by atoms with van der Waals surface area (Å²) in [7, 11) is 0. The van der Waals surface area contributed by atoms with Crippen LogP contribution in [0.25, 0.3) is 10.7 Å². The van der Waals surface area contributed by atoms with E-state index in [0.717, 1.165) is 93.9 Å². The van der Waals surface area contributed by atoms with Crippen molar-refractivity contribution >= 4 is 11.3 Å². The maximum atomic E-state index is 5.39. The van der Waals surface area contributed by atoms with Gasteiger partial charge in [-0.2, -0.15) is 9.97 Å². The molecule has 0 aliphatic carbocycles. The molecule has 0 atom stereocenters. The molecule has 0 radical (unpaired) electrons. The predicted molar refractivity (Wildman–Crippen MR) is 111 cm³/mol. The highest BCUT2D eigenvalue weighted by Crippen LogP contribution is 2.21. The van der Waals surface area contributed by atoms with E-state index in [0.29, 0.717) is 5.82 Å². The minimum absolute atomic E-state index is 0.697. The van der Waals surface area contributed by atoms with E-state index < -0.39 is 0 Å². The number of rotatable bonds is 10. The highest BCUT2D eigenvalue weighted by molar-refractivity contribution is 7.13. The Morgan fingerprint density at radius 3 is 2.59 bits per heavy atom. The minimum Gasteiger partial charge on any atom is -0.339 e. The largest absolute Gasteiger partial charge is 0.339 e. The minimum atomic E-state index is 0.697. The Kier molecular flexibility index (Phi) is 7.02. The molecule has 8 nitrogen and oxygen atoms in total. The molecule has 1 aliphatic heterocycles. The molecule has 0 aromatic carbocycles. The van der Waals surface area contributed by atoms with E-state index in [1.54, 1.807) is 11.3 Å². The van der Waals surface area contributed by atoms with Gasteiger partial charge < -0.3 is 13.9 Å². The summed E-state index contributed by atoms with van der Waals surface area (Å²) in [4.78, 5) is 14.9. The zero-order chi connectivity index (χ0) is 19.9. The van der Waals surface area contributed by atoms with Gasteiger partial charge in [0.15, 0.2) is 5.82 Å². The van der Waals surface area contributed by atoms with Gasteiger partial charge >= 0.3 is 0 Å². The predicted octanol–water partition coefficient (Wildman–Crippen LogP) is 3.27. The van der Waals surface area contributed by atoms with Gasteiger partial charge in [-0.1, -0.05) is 29.7 Å². The van der Waals surface area contributed by atoms with Crippen LogP contribution in [0.15, 0.2) is 26.6 Å². The first-order chi connectivity index (χ1) is 14.3. The molecule has 1 fully saturated rings. The molecule has 1 aliphatic rings. The summed E-state index contributed by atoms with van der Waals surface area (Å²) in [6.45, 7) is 8.13. The lowest BCUT2D eigenvalue weighted by molar-refractivity contribution is 0.115. The van der Waals surface area contributed by atoms with Crippen LogP contribution in [0.4, 0.5) is 0 Å². The Bertz CT molecular complexity index is 854. The fourth-order valence-corrected chi connectivity index (χ4v) is 4.12. The van der Waals surface area contributed by atoms with Gasteiger partial charge in [-0.3, -0.25) is 4.90 Å². The van der Waals surface area contributed by atoms with Gasteiger partial charge in [0.05, 0.1) is 11.4 Å². The second-order valence-corrected chi connectivity index (χ2v) is 8.37. The third kappa shape index (κ3) is 5.71. The third-order valence-corrected chi connectivity index (χ3v) is 6.03. The maximum absolute atomic E-state index is 5.39. The van der Waals surface area contributed by atoms with Crippen LogP contribution >= 0.6 is 11.3 Å². The van der Waals surface area contributed by atoms with Crippen molar-refractivity contribution in [3.8, 4) is 10.7 Å². The number of unbranched alkanes of at least 4 members (excludes halogenated alkanes) is 1. The summed E-state index contributed by atoms with van der Waals surface area (Å²) >= 11 is 1.63. The Labute approximate surface area is 174 Å². The van der Waals surface area contributed by atoms with Crippen LogP contribution in [0.5, 0.6) is 0 Å². The van der Waals surface area contributed by atoms with Crippen molar-refractivity contribution in [3.63, 3.8) is 0 Å². The average Bonchev–Trinajstić information content (AvgIpc) is 3.50. The quantitative estimate of drug-likeness (QED) is 0.498. The molecule has 0 unspecified atom stereocenters. The summed E-state index contributed by atoms with van der Waals surface area (Å²) in [5.74, 6) is 3.00. The van der Waals surface area contributed by atoms with E-state index in [1.165, 1.54) is 0 Å². The van der Waals surface area contributed by atoms with Crippen molar-refractivity contribution in [2.24, 2.45) is 0 Å². The van der Waals surface area contributed by atoms with E-state index in [4.69, 9.17) is 9.05 Å². The first-order valence-electron chi connectivity index (χ1n) is 10.4. The van der Waals surface area contributed by atoms with Crippen molar-refractivity contribution in [1.29, 1.82) is 0 Å². The van der Waals surface area contributed by atoms with Crippen molar-refractivity contribution in [2.75, 3.05) is 32.7 Å². The lowest BCUT2D eigenvalue weighted by Gasteiger charge is -2.33. The van der Waals surface area contributed by atoms with Crippen molar-refractivity contribution in [3.05, 3.63) is 35.1 Å². The van der Waals surface area contributed by atoms with E-state index >= 15 is 0 Å². The SMILES string of the molecule is CCCCc1noc(CN2CCN(CCCc3nc(-c4cccs4)no3)CC2)n1. The van der Waals surface area contributed by atoms with Gasteiger partial charge in [-0.25, -0.2) is 0 Å². The Morgan fingerprint density at radius 2 is 1.79 bits per heavy atom. The van der Waals surface area contributed by atoms with Crippen LogP contribution in [0.3, 0.4) is 0 Å². The van der Waals surface area contributed by atoms with Gasteiger partial charge in [0.25, 0.3) is 0 Å². The third-order valence-electron chi connectivity index (χ3n) is 5.16.